The molecule has 0 spiro atoms. The van der Waals surface area contributed by atoms with Gasteiger partial charge in [-0.15, -0.1) is 0 Å². The van der Waals surface area contributed by atoms with E-state index in [9.17, 15) is 14.0 Å². The highest BCUT2D eigenvalue weighted by molar-refractivity contribution is 5.92. The Morgan fingerprint density at radius 2 is 2.11 bits per heavy atom. The monoisotopic (exact) mass is 257 g/mol. The van der Waals surface area contributed by atoms with Crippen LogP contribution < -0.4 is 10.6 Å². The van der Waals surface area contributed by atoms with Gasteiger partial charge in [0.2, 0.25) is 0 Å². The minimum absolute atomic E-state index is 0.0715. The Morgan fingerprint density at radius 3 is 2.61 bits per heavy atom. The molecule has 0 fully saturated rings. The average Bonchev–Trinajstić information content (AvgIpc) is 2.25. The number of amides is 2. The van der Waals surface area contributed by atoms with Crippen LogP contribution in [-0.2, 0) is 4.79 Å². The number of aliphatic hydroxyl groups excluding tert-OH is 1. The molecule has 0 aliphatic rings. The predicted molar refractivity (Wildman–Crippen MR) is 59.5 cm³/mol. The van der Waals surface area contributed by atoms with Crippen molar-refractivity contribution in [2.75, 3.05) is 5.32 Å². The highest BCUT2D eigenvalue weighted by Crippen LogP contribution is 2.06. The van der Waals surface area contributed by atoms with Crippen LogP contribution in [0, 0.1) is 5.82 Å². The molecule has 0 bridgehead atoms. The van der Waals surface area contributed by atoms with Crippen molar-refractivity contribution in [3.05, 3.63) is 24.3 Å². The topological polar surface area (TPSA) is 112 Å². The van der Waals surface area contributed by atoms with Gasteiger partial charge in [-0.1, -0.05) is 0 Å². The normalized spacial score (nSPS) is 13.5. The summed E-state index contributed by atoms with van der Waals surface area (Å²) in [7, 11) is 0. The summed E-state index contributed by atoms with van der Waals surface area (Å²) in [5.74, 6) is -2.02. The lowest BCUT2D eigenvalue weighted by atomic mass is 10.2. The number of hydrogen-bond acceptors (Lipinski definition) is 4. The number of pyridine rings is 1. The molecule has 1 aromatic rings. The number of rotatable bonds is 4. The smallest absolute Gasteiger partial charge is 0.328 e. The van der Waals surface area contributed by atoms with Crippen molar-refractivity contribution in [2.24, 2.45) is 0 Å². The van der Waals surface area contributed by atoms with E-state index in [1.807, 2.05) is 5.32 Å². The number of aromatic nitrogens is 1. The highest BCUT2D eigenvalue weighted by Gasteiger charge is 2.24. The van der Waals surface area contributed by atoms with Gasteiger partial charge < -0.3 is 20.8 Å². The molecule has 0 aromatic carbocycles. The van der Waals surface area contributed by atoms with Crippen molar-refractivity contribution in [3.8, 4) is 0 Å². The highest BCUT2D eigenvalue weighted by atomic mass is 19.1. The Bertz CT molecular complexity index is 453. The number of aliphatic hydroxyl groups is 1. The molecular formula is C10H12FN3O4. The molecular weight excluding hydrogens is 245 g/mol. The minimum Gasteiger partial charge on any atom is -0.480 e. The molecule has 1 heterocycles. The molecule has 1 aromatic heterocycles. The van der Waals surface area contributed by atoms with Crippen molar-refractivity contribution in [3.63, 3.8) is 0 Å². The molecule has 7 nitrogen and oxygen atoms in total. The minimum atomic E-state index is -1.45. The number of hydrogen-bond donors (Lipinski definition) is 4. The molecule has 4 N–H and O–H groups in total. The zero-order valence-electron chi connectivity index (χ0n) is 9.42. The standard InChI is InChI=1S/C10H12FN3O4/c1-5(15)8(9(16)17)14-10(18)13-7-2-6(11)3-12-4-7/h2-5,8,15H,1H3,(H,16,17)(H2,13,14,18)/t5-,8+/m1/s1. The van der Waals surface area contributed by atoms with Crippen LogP contribution in [0.3, 0.4) is 0 Å². The van der Waals surface area contributed by atoms with Gasteiger partial charge in [-0.2, -0.15) is 0 Å². The van der Waals surface area contributed by atoms with Gasteiger partial charge in [0, 0.05) is 6.07 Å². The van der Waals surface area contributed by atoms with E-state index in [0.29, 0.717) is 0 Å². The fourth-order valence-electron chi connectivity index (χ4n) is 1.18. The Balaban J connectivity index is 2.63. The lowest BCUT2D eigenvalue weighted by Gasteiger charge is -2.17. The van der Waals surface area contributed by atoms with E-state index < -0.39 is 30.0 Å². The number of nitrogens with one attached hydrogen (secondary N) is 2. The quantitative estimate of drug-likeness (QED) is 0.614. The molecule has 2 atom stereocenters. The summed E-state index contributed by atoms with van der Waals surface area (Å²) < 4.78 is 12.8. The number of carboxylic acid groups (broad SMARTS) is 1. The first-order valence-corrected chi connectivity index (χ1v) is 4.99. The van der Waals surface area contributed by atoms with Gasteiger partial charge in [0.25, 0.3) is 0 Å². The number of anilines is 1. The number of halogens is 1. The van der Waals surface area contributed by atoms with Crippen LogP contribution in [0.15, 0.2) is 18.5 Å². The van der Waals surface area contributed by atoms with Crippen LogP contribution in [0.4, 0.5) is 14.9 Å². The third kappa shape index (κ3) is 3.98. The first kappa shape index (κ1) is 13.8. The van der Waals surface area contributed by atoms with Crippen LogP contribution in [-0.4, -0.2) is 39.3 Å². The number of carboxylic acids is 1. The third-order valence-electron chi connectivity index (χ3n) is 2.00. The number of carbonyl (C=O) groups excluding carboxylic acids is 1. The second-order valence-corrected chi connectivity index (χ2v) is 3.55. The molecule has 8 heteroatoms. The maximum absolute atomic E-state index is 12.8. The largest absolute Gasteiger partial charge is 0.480 e. The molecule has 0 aliphatic heterocycles. The summed E-state index contributed by atoms with van der Waals surface area (Å²) >= 11 is 0. The summed E-state index contributed by atoms with van der Waals surface area (Å²) in [5, 5.41) is 22.1. The van der Waals surface area contributed by atoms with Crippen molar-refractivity contribution in [1.29, 1.82) is 0 Å². The van der Waals surface area contributed by atoms with Gasteiger partial charge in [-0.3, -0.25) is 4.98 Å². The summed E-state index contributed by atoms with van der Waals surface area (Å²) in [6.07, 6.45) is 0.888. The lowest BCUT2D eigenvalue weighted by Crippen LogP contribution is -2.49. The van der Waals surface area contributed by atoms with Crippen molar-refractivity contribution >= 4 is 17.7 Å². The fraction of sp³-hybridized carbons (Fsp3) is 0.300. The molecule has 98 valence electrons. The molecule has 18 heavy (non-hydrogen) atoms. The van der Waals surface area contributed by atoms with E-state index in [0.717, 1.165) is 12.3 Å². The van der Waals surface area contributed by atoms with E-state index in [-0.39, 0.29) is 5.69 Å². The first-order valence-electron chi connectivity index (χ1n) is 4.99. The van der Waals surface area contributed by atoms with E-state index in [1.165, 1.54) is 13.1 Å². The van der Waals surface area contributed by atoms with Crippen molar-refractivity contribution in [2.45, 2.75) is 19.1 Å². The molecule has 1 rings (SSSR count). The Hall–Kier alpha value is -2.22. The number of nitrogens with zero attached hydrogens (tertiary/aromatic N) is 1. The van der Waals surface area contributed by atoms with Crippen LogP contribution >= 0.6 is 0 Å². The Morgan fingerprint density at radius 1 is 1.44 bits per heavy atom. The first-order chi connectivity index (χ1) is 8.40. The lowest BCUT2D eigenvalue weighted by molar-refractivity contribution is -0.141. The zero-order valence-corrected chi connectivity index (χ0v) is 9.42. The van der Waals surface area contributed by atoms with Gasteiger partial charge in [0.1, 0.15) is 5.82 Å². The molecule has 0 unspecified atom stereocenters. The number of carbonyl (C=O) groups is 2. The Labute approximate surface area is 102 Å². The van der Waals surface area contributed by atoms with Gasteiger partial charge >= 0.3 is 12.0 Å². The Kier molecular flexibility index (Phi) is 4.55. The maximum Gasteiger partial charge on any atom is 0.328 e. The summed E-state index contributed by atoms with van der Waals surface area (Å²) in [4.78, 5) is 25.6. The molecule has 0 saturated heterocycles. The zero-order chi connectivity index (χ0) is 13.7. The summed E-state index contributed by atoms with van der Waals surface area (Å²) in [6, 6.07) is -1.31. The van der Waals surface area contributed by atoms with Gasteiger partial charge in [0.15, 0.2) is 6.04 Å². The molecule has 0 radical (unpaired) electrons. The van der Waals surface area contributed by atoms with E-state index in [2.05, 4.69) is 10.3 Å². The van der Waals surface area contributed by atoms with Gasteiger partial charge in [0.05, 0.1) is 24.2 Å². The van der Waals surface area contributed by atoms with Crippen LogP contribution in [0.1, 0.15) is 6.92 Å². The van der Waals surface area contributed by atoms with E-state index in [1.54, 1.807) is 0 Å². The summed E-state index contributed by atoms with van der Waals surface area (Å²) in [6.45, 7) is 1.23. The SMILES string of the molecule is C[C@@H](O)[C@H](NC(=O)Nc1cncc(F)c1)C(=O)O. The van der Waals surface area contributed by atoms with Gasteiger partial charge in [-0.25, -0.2) is 14.0 Å². The fourth-order valence-corrected chi connectivity index (χ4v) is 1.18. The number of aliphatic carboxylic acids is 1. The van der Waals surface area contributed by atoms with E-state index >= 15 is 0 Å². The van der Waals surface area contributed by atoms with Crippen LogP contribution in [0.25, 0.3) is 0 Å². The molecule has 2 amide bonds. The van der Waals surface area contributed by atoms with Crippen LogP contribution in [0.2, 0.25) is 0 Å². The second kappa shape index (κ2) is 5.92. The average molecular weight is 257 g/mol. The second-order valence-electron chi connectivity index (χ2n) is 3.55. The number of urea groups is 1. The van der Waals surface area contributed by atoms with Crippen molar-refractivity contribution in [1.82, 2.24) is 10.3 Å². The van der Waals surface area contributed by atoms with Crippen LogP contribution in [0.5, 0.6) is 0 Å². The van der Waals surface area contributed by atoms with Crippen molar-refractivity contribution < 1.29 is 24.2 Å². The molecule has 0 saturated carbocycles. The maximum atomic E-state index is 12.8. The third-order valence-corrected chi connectivity index (χ3v) is 2.00. The molecule has 0 aliphatic carbocycles. The summed E-state index contributed by atoms with van der Waals surface area (Å²) in [5.41, 5.74) is 0.0715. The van der Waals surface area contributed by atoms with E-state index in [4.69, 9.17) is 10.2 Å². The van der Waals surface area contributed by atoms with Gasteiger partial charge in [-0.05, 0) is 6.92 Å². The predicted octanol–water partition coefficient (Wildman–Crippen LogP) is 0.176.